The van der Waals surface area contributed by atoms with Crippen LogP contribution in [0.5, 0.6) is 0 Å². The van der Waals surface area contributed by atoms with Crippen LogP contribution < -0.4 is 0 Å². The highest BCUT2D eigenvalue weighted by Gasteiger charge is 2.50. The lowest BCUT2D eigenvalue weighted by Gasteiger charge is -2.47. The van der Waals surface area contributed by atoms with Gasteiger partial charge in [-0.2, -0.15) is 0 Å². The Kier molecular flexibility index (Phi) is 13.3. The molecule has 1 N–H and O–H groups in total. The average Bonchev–Trinajstić information content (AvgIpc) is 2.95. The first-order valence-electron chi connectivity index (χ1n) is 15.8. The van der Waals surface area contributed by atoms with Gasteiger partial charge in [-0.05, 0) is 79.1 Å². The van der Waals surface area contributed by atoms with E-state index in [9.17, 15) is 24.3 Å². The smallest absolute Gasteiger partial charge is 0.316 e. The van der Waals surface area contributed by atoms with Gasteiger partial charge in [0.05, 0.1) is 23.9 Å². The van der Waals surface area contributed by atoms with Gasteiger partial charge in [0.2, 0.25) is 0 Å². The van der Waals surface area contributed by atoms with Gasteiger partial charge in [0, 0.05) is 25.9 Å². The normalized spacial score (nSPS) is 39.8. The van der Waals surface area contributed by atoms with E-state index in [0.717, 1.165) is 0 Å². The third-order valence-corrected chi connectivity index (χ3v) is 9.19. The van der Waals surface area contributed by atoms with Crippen molar-refractivity contribution in [2.45, 2.75) is 136 Å². The summed E-state index contributed by atoms with van der Waals surface area (Å²) < 4.78 is 30.4. The maximum atomic E-state index is 14.0. The van der Waals surface area contributed by atoms with Gasteiger partial charge in [-0.1, -0.05) is 27.7 Å². The van der Waals surface area contributed by atoms with Crippen LogP contribution in [0.3, 0.4) is 0 Å². The molecule has 1 fully saturated rings. The summed E-state index contributed by atoms with van der Waals surface area (Å²) >= 11 is 0. The molecule has 44 heavy (non-hydrogen) atoms. The first-order valence-corrected chi connectivity index (χ1v) is 15.8. The zero-order valence-electron chi connectivity index (χ0n) is 28.7. The molecule has 0 spiro atoms. The first kappa shape index (κ1) is 38.0. The number of carbonyl (C=O) groups is 4. The van der Waals surface area contributed by atoms with Gasteiger partial charge in [0.25, 0.3) is 0 Å². The number of Topliss-reactive ketones (excluding diaryl/α,β-unsaturated/α-hetero) is 2. The number of rotatable bonds is 7. The number of aliphatic hydroxyl groups is 1. The molecule has 1 saturated heterocycles. The fraction of sp³-hybridized carbons (Fsp3) is 0.818. The number of ether oxygens (including phenoxy) is 5. The predicted molar refractivity (Wildman–Crippen MR) is 164 cm³/mol. The Balaban J connectivity index is 2.71. The minimum absolute atomic E-state index is 0.151. The second-order valence-electron chi connectivity index (χ2n) is 13.2. The Morgan fingerprint density at radius 3 is 2.23 bits per heavy atom. The maximum absolute atomic E-state index is 14.0. The lowest BCUT2D eigenvalue weighted by molar-refractivity contribution is -0.297. The maximum Gasteiger partial charge on any atom is 0.316 e. The van der Waals surface area contributed by atoms with Crippen molar-refractivity contribution in [1.29, 1.82) is 0 Å². The molecular weight excluding hydrogens is 570 g/mol. The molecule has 11 atom stereocenters. The van der Waals surface area contributed by atoms with E-state index in [2.05, 4.69) is 0 Å². The van der Waals surface area contributed by atoms with Gasteiger partial charge in [-0.15, -0.1) is 0 Å². The summed E-state index contributed by atoms with van der Waals surface area (Å²) in [5, 5.41) is 11.3. The molecule has 0 aliphatic carbocycles. The van der Waals surface area contributed by atoms with Crippen molar-refractivity contribution in [3.05, 3.63) is 11.6 Å². The van der Waals surface area contributed by atoms with Crippen molar-refractivity contribution in [1.82, 2.24) is 4.90 Å². The fourth-order valence-electron chi connectivity index (χ4n) is 6.54. The van der Waals surface area contributed by atoms with Crippen molar-refractivity contribution < 1.29 is 48.0 Å². The summed E-state index contributed by atoms with van der Waals surface area (Å²) in [6.45, 7) is 14.9. The van der Waals surface area contributed by atoms with Gasteiger partial charge < -0.3 is 33.7 Å². The second-order valence-corrected chi connectivity index (χ2v) is 13.2. The third-order valence-electron chi connectivity index (χ3n) is 9.19. The molecule has 0 saturated carbocycles. The lowest BCUT2D eigenvalue weighted by Crippen LogP contribution is -2.60. The van der Waals surface area contributed by atoms with E-state index in [1.54, 1.807) is 27.7 Å². The Hall–Kier alpha value is -2.18. The zero-order valence-corrected chi connectivity index (χ0v) is 28.7. The van der Waals surface area contributed by atoms with E-state index in [1.807, 2.05) is 32.8 Å². The number of cyclic esters (lactones) is 1. The summed E-state index contributed by atoms with van der Waals surface area (Å²) in [4.78, 5) is 55.2. The Labute approximate surface area is 262 Å². The van der Waals surface area contributed by atoms with E-state index < -0.39 is 71.3 Å². The number of ketones is 2. The predicted octanol–water partition coefficient (Wildman–Crippen LogP) is 3.63. The van der Waals surface area contributed by atoms with Crippen molar-refractivity contribution in [3.8, 4) is 0 Å². The molecule has 0 bridgehead atoms. The summed E-state index contributed by atoms with van der Waals surface area (Å²) in [6.07, 6.45) is -1.34. The van der Waals surface area contributed by atoms with Crippen molar-refractivity contribution in [2.24, 2.45) is 17.8 Å². The van der Waals surface area contributed by atoms with Crippen molar-refractivity contribution in [2.75, 3.05) is 21.2 Å². The minimum Gasteiger partial charge on any atom is -0.458 e. The van der Waals surface area contributed by atoms with Gasteiger partial charge in [-0.3, -0.25) is 19.2 Å². The van der Waals surface area contributed by atoms with Gasteiger partial charge in [0.1, 0.15) is 17.6 Å². The Morgan fingerprint density at radius 2 is 1.73 bits per heavy atom. The molecule has 0 amide bonds. The topological polar surface area (TPSA) is 138 Å². The Morgan fingerprint density at radius 1 is 1.11 bits per heavy atom. The monoisotopic (exact) mass is 625 g/mol. The van der Waals surface area contributed by atoms with Crippen molar-refractivity contribution >= 4 is 23.5 Å². The Bertz CT molecular complexity index is 1070. The SMILES string of the molecule is CCC1=C[C@](C)(O)[C@@H](CC)OC(=O)[C@H](C)C(=O)[C@H](C)[C@@H](O[C@@H]2O[C@H](C)C[C@H](N(C)C)[C@H]2OC(C)=O)[C@@](C)(OC)C[C@@H](C)C1=O. The molecule has 0 radical (unpaired) electrons. The summed E-state index contributed by atoms with van der Waals surface area (Å²) in [6, 6.07) is -0.239. The van der Waals surface area contributed by atoms with Crippen LogP contribution in [0.2, 0.25) is 0 Å². The molecule has 2 aliphatic heterocycles. The number of hydrogen-bond acceptors (Lipinski definition) is 11. The third kappa shape index (κ3) is 8.75. The molecular formula is C33H55NO10. The molecule has 0 aromatic heterocycles. The average molecular weight is 626 g/mol. The second kappa shape index (κ2) is 15.4. The number of carbonyl (C=O) groups excluding carboxylic acids is 4. The van der Waals surface area contributed by atoms with Crippen LogP contribution >= 0.6 is 0 Å². The van der Waals surface area contributed by atoms with E-state index in [0.29, 0.717) is 18.4 Å². The zero-order chi connectivity index (χ0) is 33.7. The molecule has 11 nitrogen and oxygen atoms in total. The molecule has 0 unspecified atom stereocenters. The molecule has 2 rings (SSSR count). The molecule has 2 heterocycles. The van der Waals surface area contributed by atoms with Crippen LogP contribution in [0.25, 0.3) is 0 Å². The number of likely N-dealkylation sites (N-methyl/N-ethyl adjacent to an activating group) is 1. The van der Waals surface area contributed by atoms with Gasteiger partial charge in [-0.25, -0.2) is 0 Å². The van der Waals surface area contributed by atoms with E-state index in [1.165, 1.54) is 34.0 Å². The van der Waals surface area contributed by atoms with Crippen LogP contribution in [-0.4, -0.2) is 103 Å². The van der Waals surface area contributed by atoms with Crippen LogP contribution in [0.4, 0.5) is 0 Å². The van der Waals surface area contributed by atoms with Crippen LogP contribution in [0.15, 0.2) is 11.6 Å². The lowest BCUT2D eigenvalue weighted by atomic mass is 9.76. The van der Waals surface area contributed by atoms with E-state index >= 15 is 0 Å². The standard InChI is InChI=1S/C33H55NO10/c1-13-23-17-32(8,39)25(14-2)43-30(38)21(6)27(37)20(5)29(33(9,40-12)16-18(3)26(23)36)44-31-28(42-22(7)35)24(34(10)11)15-19(4)41-31/h17-21,24-25,28-29,31,39H,13-16H2,1-12H3/t18-,19-,20+,21-,24+,25-,28-,29-,31+,32+,33+/m1/s1. The quantitative estimate of drug-likeness (QED) is 0.328. The summed E-state index contributed by atoms with van der Waals surface area (Å²) in [7, 11) is 5.24. The number of esters is 2. The fourth-order valence-corrected chi connectivity index (χ4v) is 6.54. The van der Waals surface area contributed by atoms with E-state index in [-0.39, 0.29) is 30.8 Å². The number of methoxy groups -OCH3 is 1. The number of hydrogen-bond donors (Lipinski definition) is 1. The highest BCUT2D eigenvalue weighted by atomic mass is 16.7. The van der Waals surface area contributed by atoms with Crippen LogP contribution in [0, 0.1) is 17.8 Å². The van der Waals surface area contributed by atoms with Gasteiger partial charge >= 0.3 is 11.9 Å². The molecule has 11 heteroatoms. The number of allylic oxidation sites excluding steroid dienone is 1. The minimum atomic E-state index is -1.64. The summed E-state index contributed by atoms with van der Waals surface area (Å²) in [5.41, 5.74) is -2.47. The molecule has 0 aromatic rings. The summed E-state index contributed by atoms with van der Waals surface area (Å²) in [5.74, 6) is -4.68. The number of nitrogens with zero attached hydrogens (tertiary/aromatic N) is 1. The van der Waals surface area contributed by atoms with E-state index in [4.69, 9.17) is 23.7 Å². The molecule has 2 aliphatic rings. The van der Waals surface area contributed by atoms with Crippen LogP contribution in [-0.2, 0) is 42.9 Å². The first-order chi connectivity index (χ1) is 20.3. The largest absolute Gasteiger partial charge is 0.458 e. The van der Waals surface area contributed by atoms with Gasteiger partial charge in [0.15, 0.2) is 24.0 Å². The van der Waals surface area contributed by atoms with Crippen molar-refractivity contribution in [3.63, 3.8) is 0 Å². The highest BCUT2D eigenvalue weighted by Crippen LogP contribution is 2.38. The highest BCUT2D eigenvalue weighted by molar-refractivity contribution is 6.00. The van der Waals surface area contributed by atoms with Crippen LogP contribution in [0.1, 0.15) is 88.0 Å². The molecule has 252 valence electrons. The molecule has 0 aromatic carbocycles.